The van der Waals surface area contributed by atoms with Gasteiger partial charge in [-0.3, -0.25) is 5.10 Å². The Balaban J connectivity index is 0.00000136. The van der Waals surface area contributed by atoms with E-state index in [0.29, 0.717) is 40.5 Å². The summed E-state index contributed by atoms with van der Waals surface area (Å²) in [6.07, 6.45) is 2.44. The molecule has 2 bridgehead atoms. The van der Waals surface area contributed by atoms with Crippen LogP contribution in [0.3, 0.4) is 0 Å². The van der Waals surface area contributed by atoms with Gasteiger partial charge >= 0.3 is 24.8 Å². The van der Waals surface area contributed by atoms with E-state index >= 15 is 0 Å². The second-order valence-corrected chi connectivity index (χ2v) is 8.02. The van der Waals surface area contributed by atoms with E-state index < -0.39 is 5.97 Å². The van der Waals surface area contributed by atoms with E-state index in [1.165, 1.54) is 38.1 Å². The van der Waals surface area contributed by atoms with Gasteiger partial charge in [0, 0.05) is 24.5 Å². The Bertz CT molecular complexity index is 1070. The Morgan fingerprint density at radius 3 is 2.60 bits per heavy atom. The summed E-state index contributed by atoms with van der Waals surface area (Å²) < 4.78 is 13.3. The summed E-state index contributed by atoms with van der Waals surface area (Å²) in [6, 6.07) is 9.87. The summed E-state index contributed by atoms with van der Waals surface area (Å²) in [4.78, 5) is 14.7. The molecule has 3 saturated heterocycles. The SMILES string of the molecule is O=C(O)c1c(-c2ccc(F)cc2)ccc2n[nH]c(CNC3CN4CCC3CC4)c12.[H-].[Li+]. The van der Waals surface area contributed by atoms with E-state index in [0.717, 1.165) is 12.2 Å². The molecular weight excluding hydrogens is 378 g/mol. The van der Waals surface area contributed by atoms with Crippen LogP contribution in [0.1, 0.15) is 30.3 Å². The first-order valence-electron chi connectivity index (χ1n) is 10.0. The van der Waals surface area contributed by atoms with E-state index in [-0.39, 0.29) is 31.7 Å². The average Bonchev–Trinajstić information content (AvgIpc) is 3.16. The van der Waals surface area contributed by atoms with Crippen LogP contribution in [-0.4, -0.2) is 51.8 Å². The molecule has 6 nitrogen and oxygen atoms in total. The summed E-state index contributed by atoms with van der Waals surface area (Å²) in [5.74, 6) is -0.680. The van der Waals surface area contributed by atoms with Crippen LogP contribution in [0, 0.1) is 11.7 Å². The maximum Gasteiger partial charge on any atom is 1.00 e. The number of aromatic amines is 1. The molecule has 1 aromatic heterocycles. The molecule has 3 fully saturated rings. The quantitative estimate of drug-likeness (QED) is 0.538. The minimum Gasteiger partial charge on any atom is -1.00 e. The molecule has 1 unspecified atom stereocenters. The third kappa shape index (κ3) is 3.79. The summed E-state index contributed by atoms with van der Waals surface area (Å²) in [5, 5.41) is 21.6. The van der Waals surface area contributed by atoms with Crippen molar-refractivity contribution in [2.24, 2.45) is 5.92 Å². The number of aromatic nitrogens is 2. The Morgan fingerprint density at radius 2 is 1.97 bits per heavy atom. The van der Waals surface area contributed by atoms with E-state index in [2.05, 4.69) is 20.4 Å². The van der Waals surface area contributed by atoms with Gasteiger partial charge in [-0.1, -0.05) is 18.2 Å². The zero-order valence-electron chi connectivity index (χ0n) is 18.0. The van der Waals surface area contributed by atoms with Crippen molar-refractivity contribution in [3.8, 4) is 11.1 Å². The first-order chi connectivity index (χ1) is 14.1. The number of rotatable bonds is 5. The molecule has 1 atom stereocenters. The Labute approximate surface area is 187 Å². The topological polar surface area (TPSA) is 81.2 Å². The van der Waals surface area contributed by atoms with Gasteiger partial charge in [0.15, 0.2) is 0 Å². The Morgan fingerprint density at radius 1 is 1.23 bits per heavy atom. The first-order valence-corrected chi connectivity index (χ1v) is 10.0. The molecule has 3 aromatic rings. The third-order valence-corrected chi connectivity index (χ3v) is 6.36. The van der Waals surface area contributed by atoms with Gasteiger partial charge in [0.25, 0.3) is 0 Å². The number of carboxylic acid groups (broad SMARTS) is 1. The number of hydrogen-bond acceptors (Lipinski definition) is 4. The Kier molecular flexibility index (Phi) is 5.99. The Hall–Kier alpha value is -2.17. The van der Waals surface area contributed by atoms with Gasteiger partial charge in [-0.05, 0) is 61.2 Å². The molecule has 4 heterocycles. The fraction of sp³-hybridized carbons (Fsp3) is 0.364. The predicted octanol–water partition coefficient (Wildman–Crippen LogP) is 0.368. The van der Waals surface area contributed by atoms with E-state index in [9.17, 15) is 14.3 Å². The number of piperidine rings is 3. The van der Waals surface area contributed by atoms with Crippen molar-refractivity contribution < 1.29 is 34.6 Å². The smallest absolute Gasteiger partial charge is 1.00 e. The summed E-state index contributed by atoms with van der Waals surface area (Å²) >= 11 is 0. The van der Waals surface area contributed by atoms with Crippen molar-refractivity contribution >= 4 is 16.9 Å². The van der Waals surface area contributed by atoms with Gasteiger partial charge in [0.2, 0.25) is 0 Å². The molecule has 0 aliphatic carbocycles. The van der Waals surface area contributed by atoms with Crippen molar-refractivity contribution in [2.75, 3.05) is 19.6 Å². The number of fused-ring (bicyclic) bond motifs is 4. The summed E-state index contributed by atoms with van der Waals surface area (Å²) in [7, 11) is 0. The average molecular weight is 402 g/mol. The van der Waals surface area contributed by atoms with Gasteiger partial charge in [-0.2, -0.15) is 5.10 Å². The maximum atomic E-state index is 13.3. The van der Waals surface area contributed by atoms with Crippen LogP contribution < -0.4 is 24.2 Å². The molecular formula is C22H24FLiN4O2. The van der Waals surface area contributed by atoms with E-state index in [1.54, 1.807) is 18.2 Å². The van der Waals surface area contributed by atoms with Gasteiger partial charge in [-0.25, -0.2) is 9.18 Å². The molecule has 3 N–H and O–H groups in total. The number of halogens is 1. The number of hydrogen-bond donors (Lipinski definition) is 3. The molecule has 30 heavy (non-hydrogen) atoms. The molecule has 3 aliphatic rings. The molecule has 2 aromatic carbocycles. The molecule has 3 aliphatic heterocycles. The minimum absolute atomic E-state index is 0. The van der Waals surface area contributed by atoms with Crippen LogP contribution in [0.15, 0.2) is 36.4 Å². The molecule has 152 valence electrons. The van der Waals surface area contributed by atoms with Crippen molar-refractivity contribution in [1.29, 1.82) is 0 Å². The standard InChI is InChI=1S/C22H23FN4O2.Li.H/c23-15-3-1-13(2-4-15)16-5-6-17-21(20(16)22(28)29)18(26-25-17)11-24-19-12-27-9-7-14(19)8-10-27;;/h1-6,14,19,24H,7-12H2,(H,25,26)(H,28,29);;/q;+1;-1. The number of benzene rings is 2. The van der Waals surface area contributed by atoms with Crippen molar-refractivity contribution in [3.05, 3.63) is 53.5 Å². The second kappa shape index (κ2) is 8.52. The van der Waals surface area contributed by atoms with Crippen LogP contribution in [0.4, 0.5) is 4.39 Å². The fourth-order valence-electron chi connectivity index (χ4n) is 4.82. The van der Waals surface area contributed by atoms with Gasteiger partial charge in [0.05, 0.1) is 16.8 Å². The largest absolute Gasteiger partial charge is 1.00 e. The van der Waals surface area contributed by atoms with Crippen LogP contribution in [0.25, 0.3) is 22.0 Å². The number of nitrogens with zero attached hydrogens (tertiary/aromatic N) is 2. The molecule has 0 amide bonds. The number of carbonyl (C=O) groups is 1. The zero-order valence-corrected chi connectivity index (χ0v) is 17.0. The molecule has 0 saturated carbocycles. The number of carboxylic acids is 1. The van der Waals surface area contributed by atoms with Crippen molar-refractivity contribution in [1.82, 2.24) is 20.4 Å². The van der Waals surface area contributed by atoms with Crippen LogP contribution in [0.5, 0.6) is 0 Å². The van der Waals surface area contributed by atoms with Crippen molar-refractivity contribution in [3.63, 3.8) is 0 Å². The summed E-state index contributed by atoms with van der Waals surface area (Å²) in [6.45, 7) is 3.95. The van der Waals surface area contributed by atoms with Crippen LogP contribution in [0.2, 0.25) is 0 Å². The number of nitrogens with one attached hydrogen (secondary N) is 2. The molecule has 0 radical (unpaired) electrons. The maximum absolute atomic E-state index is 13.3. The van der Waals surface area contributed by atoms with E-state index in [1.807, 2.05) is 6.07 Å². The molecule has 0 spiro atoms. The minimum atomic E-state index is -1.01. The second-order valence-electron chi connectivity index (χ2n) is 8.02. The van der Waals surface area contributed by atoms with Gasteiger partial charge in [-0.15, -0.1) is 0 Å². The van der Waals surface area contributed by atoms with Gasteiger partial charge < -0.3 is 16.7 Å². The van der Waals surface area contributed by atoms with Gasteiger partial charge in [0.1, 0.15) is 5.82 Å². The predicted molar refractivity (Wildman–Crippen MR) is 109 cm³/mol. The van der Waals surface area contributed by atoms with Crippen LogP contribution >= 0.6 is 0 Å². The molecule has 8 heteroatoms. The monoisotopic (exact) mass is 402 g/mol. The molecule has 6 rings (SSSR count). The number of aromatic carboxylic acids is 1. The normalized spacial score (nSPS) is 22.8. The first kappa shape index (κ1) is 21.1. The fourth-order valence-corrected chi connectivity index (χ4v) is 4.82. The summed E-state index contributed by atoms with van der Waals surface area (Å²) in [5.41, 5.74) is 2.84. The van der Waals surface area contributed by atoms with E-state index in [4.69, 9.17) is 0 Å². The van der Waals surface area contributed by atoms with Crippen molar-refractivity contribution in [2.45, 2.75) is 25.4 Å². The zero-order chi connectivity index (χ0) is 20.0. The third-order valence-electron chi connectivity index (χ3n) is 6.36. The number of H-pyrrole nitrogens is 1. The van der Waals surface area contributed by atoms with Crippen LogP contribution in [-0.2, 0) is 6.54 Å².